The Balaban J connectivity index is 3.71. The Morgan fingerprint density at radius 3 is 2.47 bits per heavy atom. The van der Waals surface area contributed by atoms with Crippen LogP contribution in [0.3, 0.4) is 0 Å². The molecule has 0 saturated carbocycles. The van der Waals surface area contributed by atoms with Crippen LogP contribution in [0.15, 0.2) is 12.2 Å². The molecule has 0 aromatic carbocycles. The zero-order valence-corrected chi connectivity index (χ0v) is 8.65. The molecule has 0 spiro atoms. The van der Waals surface area contributed by atoms with Crippen molar-refractivity contribution in [1.29, 1.82) is 0 Å². The minimum absolute atomic E-state index is 0.0431. The van der Waals surface area contributed by atoms with Gasteiger partial charge in [0.25, 0.3) is 0 Å². The van der Waals surface area contributed by atoms with Crippen molar-refractivity contribution in [2.24, 2.45) is 0 Å². The molecule has 0 amide bonds. The lowest BCUT2D eigenvalue weighted by Crippen LogP contribution is -2.35. The van der Waals surface area contributed by atoms with Crippen molar-refractivity contribution in [3.8, 4) is 0 Å². The third kappa shape index (κ3) is 7.99. The number of nitrogens with one attached hydrogen (secondary N) is 1. The van der Waals surface area contributed by atoms with E-state index in [2.05, 4.69) is 11.9 Å². The number of ether oxygens (including phenoxy) is 1. The first-order valence-corrected chi connectivity index (χ1v) is 4.36. The third-order valence-electron chi connectivity index (χ3n) is 1.41. The maximum Gasteiger partial charge on any atom is 0.401 e. The highest BCUT2D eigenvalue weighted by molar-refractivity contribution is 5.87. The van der Waals surface area contributed by atoms with Crippen LogP contribution in [0.4, 0.5) is 13.2 Å². The van der Waals surface area contributed by atoms with Gasteiger partial charge in [0, 0.05) is 12.1 Å². The number of alkyl halides is 3. The molecule has 1 N–H and O–H groups in total. The summed E-state index contributed by atoms with van der Waals surface area (Å²) in [5, 5.41) is 2.14. The number of carbonyl (C=O) groups excluding carboxylic acids is 1. The summed E-state index contributed by atoms with van der Waals surface area (Å²) >= 11 is 0. The first kappa shape index (κ1) is 14.0. The summed E-state index contributed by atoms with van der Waals surface area (Å²) in [4.78, 5) is 10.9. The van der Waals surface area contributed by atoms with Crippen molar-refractivity contribution in [3.05, 3.63) is 12.2 Å². The fourth-order valence-corrected chi connectivity index (χ4v) is 0.742. The fraction of sp³-hybridized carbons (Fsp3) is 0.667. The highest BCUT2D eigenvalue weighted by Crippen LogP contribution is 2.12. The molecule has 0 heterocycles. The van der Waals surface area contributed by atoms with E-state index in [1.807, 2.05) is 0 Å². The summed E-state index contributed by atoms with van der Waals surface area (Å²) in [5.41, 5.74) is 0.220. The van der Waals surface area contributed by atoms with Crippen LogP contribution in [0.5, 0.6) is 0 Å². The van der Waals surface area contributed by atoms with Crippen LogP contribution in [-0.2, 0) is 9.53 Å². The van der Waals surface area contributed by atoms with Gasteiger partial charge in [-0.1, -0.05) is 6.58 Å². The average Bonchev–Trinajstić information content (AvgIpc) is 2.01. The molecule has 0 bridgehead atoms. The van der Waals surface area contributed by atoms with Gasteiger partial charge in [0.15, 0.2) is 0 Å². The predicted octanol–water partition coefficient (Wildman–Crippen LogP) is 1.65. The highest BCUT2D eigenvalue weighted by Gasteiger charge is 2.26. The molecule has 0 aromatic heterocycles. The molecule has 0 aliphatic heterocycles. The van der Waals surface area contributed by atoms with Gasteiger partial charge in [0.05, 0.1) is 6.54 Å². The Labute approximate surface area is 86.3 Å². The van der Waals surface area contributed by atoms with Gasteiger partial charge < -0.3 is 10.1 Å². The molecule has 1 unspecified atom stereocenters. The molecule has 6 heteroatoms. The van der Waals surface area contributed by atoms with Gasteiger partial charge in [-0.25, -0.2) is 4.79 Å². The molecule has 88 valence electrons. The van der Waals surface area contributed by atoms with E-state index in [-0.39, 0.29) is 12.1 Å². The van der Waals surface area contributed by atoms with E-state index in [1.165, 1.54) is 13.8 Å². The molecular weight excluding hydrogens is 211 g/mol. The first-order chi connectivity index (χ1) is 6.72. The molecule has 0 aliphatic carbocycles. The SMILES string of the molecule is C=C(C)C(=O)OC(C)CNCC(F)(F)F. The van der Waals surface area contributed by atoms with E-state index in [0.717, 1.165) is 0 Å². The smallest absolute Gasteiger partial charge is 0.401 e. The Morgan fingerprint density at radius 1 is 1.53 bits per heavy atom. The maximum absolute atomic E-state index is 11.7. The highest BCUT2D eigenvalue weighted by atomic mass is 19.4. The number of hydrogen-bond donors (Lipinski definition) is 1. The summed E-state index contributed by atoms with van der Waals surface area (Å²) in [7, 11) is 0. The van der Waals surface area contributed by atoms with Crippen LogP contribution >= 0.6 is 0 Å². The van der Waals surface area contributed by atoms with Gasteiger partial charge in [0.1, 0.15) is 6.10 Å². The van der Waals surface area contributed by atoms with E-state index < -0.39 is 24.8 Å². The molecule has 0 saturated heterocycles. The third-order valence-corrected chi connectivity index (χ3v) is 1.41. The van der Waals surface area contributed by atoms with Crippen LogP contribution in [0.1, 0.15) is 13.8 Å². The van der Waals surface area contributed by atoms with Gasteiger partial charge >= 0.3 is 12.1 Å². The van der Waals surface area contributed by atoms with Gasteiger partial charge in [-0.3, -0.25) is 0 Å². The summed E-state index contributed by atoms with van der Waals surface area (Å²) in [6.45, 7) is 5.19. The normalized spacial score (nSPS) is 13.4. The van der Waals surface area contributed by atoms with Crippen molar-refractivity contribution < 1.29 is 22.7 Å². The monoisotopic (exact) mass is 225 g/mol. The molecular formula is C9H14F3NO2. The Bertz CT molecular complexity index is 238. The van der Waals surface area contributed by atoms with E-state index in [4.69, 9.17) is 4.74 Å². The van der Waals surface area contributed by atoms with Crippen LogP contribution in [-0.4, -0.2) is 31.3 Å². The Kier molecular flexibility index (Phi) is 5.35. The van der Waals surface area contributed by atoms with Crippen molar-refractivity contribution >= 4 is 5.97 Å². The molecule has 0 radical (unpaired) electrons. The number of carbonyl (C=O) groups is 1. The largest absolute Gasteiger partial charge is 0.458 e. The standard InChI is InChI=1S/C9H14F3NO2/c1-6(2)8(14)15-7(3)4-13-5-9(10,11)12/h7,13H,1,4-5H2,2-3H3. The van der Waals surface area contributed by atoms with Crippen molar-refractivity contribution in [3.63, 3.8) is 0 Å². The maximum atomic E-state index is 11.7. The van der Waals surface area contributed by atoms with Crippen LogP contribution < -0.4 is 5.32 Å². The second kappa shape index (κ2) is 5.75. The van der Waals surface area contributed by atoms with Crippen molar-refractivity contribution in [2.45, 2.75) is 26.1 Å². The number of hydrogen-bond acceptors (Lipinski definition) is 3. The number of halogens is 3. The number of rotatable bonds is 5. The topological polar surface area (TPSA) is 38.3 Å². The second-order valence-electron chi connectivity index (χ2n) is 3.24. The quantitative estimate of drug-likeness (QED) is 0.571. The lowest BCUT2D eigenvalue weighted by molar-refractivity contribution is -0.143. The molecule has 0 rings (SSSR count). The van der Waals surface area contributed by atoms with E-state index in [1.54, 1.807) is 0 Å². The molecule has 15 heavy (non-hydrogen) atoms. The molecule has 1 atom stereocenters. The average molecular weight is 225 g/mol. The van der Waals surface area contributed by atoms with E-state index >= 15 is 0 Å². The van der Waals surface area contributed by atoms with Gasteiger partial charge in [-0.15, -0.1) is 0 Å². The van der Waals surface area contributed by atoms with E-state index in [0.29, 0.717) is 0 Å². The van der Waals surface area contributed by atoms with Crippen molar-refractivity contribution in [2.75, 3.05) is 13.1 Å². The molecule has 0 aromatic rings. The molecule has 0 aliphatic rings. The molecule has 0 fully saturated rings. The fourth-order valence-electron chi connectivity index (χ4n) is 0.742. The van der Waals surface area contributed by atoms with Crippen LogP contribution in [0.2, 0.25) is 0 Å². The minimum atomic E-state index is -4.25. The Hall–Kier alpha value is -1.04. The second-order valence-corrected chi connectivity index (χ2v) is 3.24. The lowest BCUT2D eigenvalue weighted by Gasteiger charge is -2.14. The summed E-state index contributed by atoms with van der Waals surface area (Å²) in [5.74, 6) is -0.601. The Morgan fingerprint density at radius 2 is 2.07 bits per heavy atom. The van der Waals surface area contributed by atoms with E-state index in [9.17, 15) is 18.0 Å². The molecule has 3 nitrogen and oxygen atoms in total. The van der Waals surface area contributed by atoms with Gasteiger partial charge in [-0.05, 0) is 13.8 Å². The summed E-state index contributed by atoms with van der Waals surface area (Å²) < 4.78 is 39.9. The van der Waals surface area contributed by atoms with Gasteiger partial charge in [0.2, 0.25) is 0 Å². The predicted molar refractivity (Wildman–Crippen MR) is 49.3 cm³/mol. The summed E-state index contributed by atoms with van der Waals surface area (Å²) in [6, 6.07) is 0. The first-order valence-electron chi connectivity index (χ1n) is 4.36. The van der Waals surface area contributed by atoms with Crippen LogP contribution in [0, 0.1) is 0 Å². The number of esters is 1. The summed E-state index contributed by atoms with van der Waals surface area (Å²) in [6.07, 6.45) is -4.87. The zero-order chi connectivity index (χ0) is 12.1. The lowest BCUT2D eigenvalue weighted by atomic mass is 10.3. The zero-order valence-electron chi connectivity index (χ0n) is 8.65. The van der Waals surface area contributed by atoms with Crippen molar-refractivity contribution in [1.82, 2.24) is 5.32 Å². The van der Waals surface area contributed by atoms with Crippen LogP contribution in [0.25, 0.3) is 0 Å². The minimum Gasteiger partial charge on any atom is -0.458 e. The van der Waals surface area contributed by atoms with Gasteiger partial charge in [-0.2, -0.15) is 13.2 Å².